The summed E-state index contributed by atoms with van der Waals surface area (Å²) in [5.41, 5.74) is 1.85. The summed E-state index contributed by atoms with van der Waals surface area (Å²) in [6.45, 7) is 1.46. The second-order valence-electron chi connectivity index (χ2n) is 4.34. The van der Waals surface area contributed by atoms with Gasteiger partial charge in [0.1, 0.15) is 6.61 Å². The zero-order chi connectivity index (χ0) is 14.8. The molecule has 1 N–H and O–H groups in total. The number of aliphatic hydroxyl groups excluding tert-OH is 1. The van der Waals surface area contributed by atoms with Gasteiger partial charge in [0.05, 0.1) is 33.8 Å². The van der Waals surface area contributed by atoms with E-state index in [1.807, 2.05) is 17.5 Å². The molecule has 0 bridgehead atoms. The maximum absolute atomic E-state index is 12.2. The van der Waals surface area contributed by atoms with Crippen LogP contribution < -0.4 is 0 Å². The highest BCUT2D eigenvalue weighted by Crippen LogP contribution is 2.29. The van der Waals surface area contributed by atoms with Crippen molar-refractivity contribution in [1.82, 2.24) is 10.1 Å². The quantitative estimate of drug-likeness (QED) is 0.745. The van der Waals surface area contributed by atoms with Crippen LogP contribution in [0.5, 0.6) is 0 Å². The van der Waals surface area contributed by atoms with Gasteiger partial charge in [0, 0.05) is 0 Å². The van der Waals surface area contributed by atoms with Crippen molar-refractivity contribution >= 4 is 28.4 Å². The summed E-state index contributed by atoms with van der Waals surface area (Å²) >= 11 is 1.51. The molecule has 0 radical (unpaired) electrons. The van der Waals surface area contributed by atoms with E-state index >= 15 is 0 Å². The number of hydrogen-bond donors (Lipinski definition) is 1. The highest BCUT2D eigenvalue weighted by Gasteiger charge is 2.20. The number of pyridine rings is 1. The Bertz CT molecular complexity index is 780. The third-order valence-electron chi connectivity index (χ3n) is 2.94. The van der Waals surface area contributed by atoms with Gasteiger partial charge in [0.2, 0.25) is 0 Å². The van der Waals surface area contributed by atoms with Gasteiger partial charge in [-0.2, -0.15) is 0 Å². The first-order valence-electron chi connectivity index (χ1n) is 6.29. The summed E-state index contributed by atoms with van der Waals surface area (Å²) in [7, 11) is 0. The van der Waals surface area contributed by atoms with Crippen LogP contribution in [-0.4, -0.2) is 34.4 Å². The third kappa shape index (κ3) is 2.53. The van der Waals surface area contributed by atoms with E-state index in [-0.39, 0.29) is 13.2 Å². The van der Waals surface area contributed by atoms with Gasteiger partial charge in [-0.3, -0.25) is 0 Å². The molecule has 7 heteroatoms. The van der Waals surface area contributed by atoms with Crippen LogP contribution in [0.15, 0.2) is 28.1 Å². The molecule has 0 atom stereocenters. The van der Waals surface area contributed by atoms with Crippen LogP contribution in [0.4, 0.5) is 0 Å². The molecule has 3 heterocycles. The number of thiophene rings is 1. The van der Waals surface area contributed by atoms with Crippen molar-refractivity contribution in [2.75, 3.05) is 13.2 Å². The minimum Gasteiger partial charge on any atom is -0.460 e. The fourth-order valence-corrected chi connectivity index (χ4v) is 2.71. The van der Waals surface area contributed by atoms with Crippen LogP contribution in [0.25, 0.3) is 21.7 Å². The van der Waals surface area contributed by atoms with E-state index in [0.29, 0.717) is 28.1 Å². The Morgan fingerprint density at radius 3 is 3.10 bits per heavy atom. The van der Waals surface area contributed by atoms with Gasteiger partial charge in [-0.15, -0.1) is 11.3 Å². The molecule has 0 saturated carbocycles. The zero-order valence-corrected chi connectivity index (χ0v) is 12.0. The van der Waals surface area contributed by atoms with Crippen molar-refractivity contribution in [3.05, 3.63) is 34.8 Å². The van der Waals surface area contributed by atoms with Crippen molar-refractivity contribution in [2.24, 2.45) is 0 Å². The molecule has 0 aliphatic heterocycles. The lowest BCUT2D eigenvalue weighted by molar-refractivity contribution is 0.0436. The molecule has 0 aromatic carbocycles. The predicted molar refractivity (Wildman–Crippen MR) is 77.2 cm³/mol. The Kier molecular flexibility index (Phi) is 3.68. The molecule has 0 fully saturated rings. The molecule has 0 unspecified atom stereocenters. The molecule has 6 nitrogen and oxygen atoms in total. The Balaban J connectivity index is 2.15. The van der Waals surface area contributed by atoms with Crippen LogP contribution >= 0.6 is 11.3 Å². The maximum atomic E-state index is 12.2. The number of aliphatic hydroxyl groups is 1. The summed E-state index contributed by atoms with van der Waals surface area (Å²) < 4.78 is 10.2. The van der Waals surface area contributed by atoms with Crippen LogP contribution in [0, 0.1) is 6.92 Å². The summed E-state index contributed by atoms with van der Waals surface area (Å²) in [4.78, 5) is 17.5. The molecule has 0 amide bonds. The lowest BCUT2D eigenvalue weighted by atomic mass is 10.1. The highest BCUT2D eigenvalue weighted by atomic mass is 32.1. The summed E-state index contributed by atoms with van der Waals surface area (Å²) in [5.74, 6) is -0.527. The van der Waals surface area contributed by atoms with Gasteiger partial charge >= 0.3 is 5.97 Å². The Morgan fingerprint density at radius 1 is 1.52 bits per heavy atom. The van der Waals surface area contributed by atoms with Crippen molar-refractivity contribution < 1.29 is 19.2 Å². The van der Waals surface area contributed by atoms with Gasteiger partial charge < -0.3 is 14.4 Å². The van der Waals surface area contributed by atoms with Gasteiger partial charge in [0.25, 0.3) is 5.71 Å². The number of aryl methyl sites for hydroxylation is 1. The first-order valence-corrected chi connectivity index (χ1v) is 7.17. The van der Waals surface area contributed by atoms with Crippen molar-refractivity contribution in [1.29, 1.82) is 0 Å². The summed E-state index contributed by atoms with van der Waals surface area (Å²) in [5, 5.41) is 15.1. The molecule has 108 valence electrons. The largest absolute Gasteiger partial charge is 0.460 e. The van der Waals surface area contributed by atoms with Gasteiger partial charge in [-0.1, -0.05) is 11.2 Å². The first-order chi connectivity index (χ1) is 10.2. The van der Waals surface area contributed by atoms with E-state index in [0.717, 1.165) is 4.88 Å². The van der Waals surface area contributed by atoms with Gasteiger partial charge in [0.15, 0.2) is 0 Å². The molecular formula is C14H12N2O4S. The average molecular weight is 304 g/mol. The number of ether oxygens (including phenoxy) is 1. The number of carbonyl (C=O) groups excluding carboxylic acids is 1. The minimum absolute atomic E-state index is 0.0543. The molecule has 3 rings (SSSR count). The van der Waals surface area contributed by atoms with Crippen LogP contribution in [0.2, 0.25) is 0 Å². The predicted octanol–water partition coefficient (Wildman–Crippen LogP) is 2.41. The average Bonchev–Trinajstić information content (AvgIpc) is 3.14. The van der Waals surface area contributed by atoms with Crippen LogP contribution in [0.3, 0.4) is 0 Å². The SMILES string of the molecule is Cc1noc2nc(-c3cccs3)cc(C(=O)OCCO)c12. The molecule has 21 heavy (non-hydrogen) atoms. The van der Waals surface area contributed by atoms with E-state index in [1.54, 1.807) is 13.0 Å². The van der Waals surface area contributed by atoms with E-state index in [1.165, 1.54) is 11.3 Å². The fourth-order valence-electron chi connectivity index (χ4n) is 2.02. The first kappa shape index (κ1) is 13.7. The standard InChI is InChI=1S/C14H12N2O4S/c1-8-12-9(14(18)19-5-4-17)7-10(11-3-2-6-21-11)15-13(12)20-16-8/h2-3,6-7,17H,4-5H2,1H3. The topological polar surface area (TPSA) is 85.5 Å². The lowest BCUT2D eigenvalue weighted by Gasteiger charge is -2.05. The van der Waals surface area contributed by atoms with Gasteiger partial charge in [-0.25, -0.2) is 9.78 Å². The summed E-state index contributed by atoms with van der Waals surface area (Å²) in [6, 6.07) is 5.48. The van der Waals surface area contributed by atoms with E-state index < -0.39 is 5.97 Å². The number of esters is 1. The monoisotopic (exact) mass is 304 g/mol. The van der Waals surface area contributed by atoms with Crippen molar-refractivity contribution in [3.8, 4) is 10.6 Å². The number of rotatable bonds is 4. The normalized spacial score (nSPS) is 11.0. The van der Waals surface area contributed by atoms with Crippen LogP contribution in [0.1, 0.15) is 16.1 Å². The summed E-state index contributed by atoms with van der Waals surface area (Å²) in [6.07, 6.45) is 0. The minimum atomic E-state index is -0.527. The molecule has 3 aromatic rings. The smallest absolute Gasteiger partial charge is 0.339 e. The molecule has 0 aliphatic rings. The van der Waals surface area contributed by atoms with Crippen molar-refractivity contribution in [3.63, 3.8) is 0 Å². The van der Waals surface area contributed by atoms with E-state index in [9.17, 15) is 4.79 Å². The zero-order valence-electron chi connectivity index (χ0n) is 11.2. The van der Waals surface area contributed by atoms with E-state index in [2.05, 4.69) is 10.1 Å². The third-order valence-corrected chi connectivity index (χ3v) is 3.83. The number of fused-ring (bicyclic) bond motifs is 1. The molecule has 0 saturated heterocycles. The van der Waals surface area contributed by atoms with E-state index in [4.69, 9.17) is 14.4 Å². The molecule has 0 spiro atoms. The second-order valence-corrected chi connectivity index (χ2v) is 5.29. The lowest BCUT2D eigenvalue weighted by Crippen LogP contribution is -2.10. The van der Waals surface area contributed by atoms with Crippen LogP contribution in [-0.2, 0) is 4.74 Å². The Labute approximate surface area is 124 Å². The Hall–Kier alpha value is -2.25. The number of hydrogen-bond acceptors (Lipinski definition) is 7. The van der Waals surface area contributed by atoms with Gasteiger partial charge in [-0.05, 0) is 24.4 Å². The van der Waals surface area contributed by atoms with Crippen molar-refractivity contribution in [2.45, 2.75) is 6.92 Å². The maximum Gasteiger partial charge on any atom is 0.339 e. The molecule has 3 aromatic heterocycles. The Morgan fingerprint density at radius 2 is 2.38 bits per heavy atom. The fraction of sp³-hybridized carbons (Fsp3) is 0.214. The molecular weight excluding hydrogens is 292 g/mol. The highest BCUT2D eigenvalue weighted by molar-refractivity contribution is 7.13. The number of carbonyl (C=O) groups is 1. The molecule has 0 aliphatic carbocycles. The second kappa shape index (κ2) is 5.63. The number of nitrogens with zero attached hydrogens (tertiary/aromatic N) is 2. The number of aromatic nitrogens is 2.